The minimum Gasteiger partial charge on any atom is -0.293 e. The van der Waals surface area contributed by atoms with Gasteiger partial charge in [0.15, 0.2) is 0 Å². The average molecular weight is 153 g/mol. The maximum absolute atomic E-state index is 4.29. The standard InChI is InChI=1S/C10H19N/c1-5-7-11-8-10(6-2)9(3)4/h6,8-9H,5,7H2,1-4H3/b10-6+,11-8-. The van der Waals surface area contributed by atoms with E-state index < -0.39 is 0 Å². The van der Waals surface area contributed by atoms with Crippen LogP contribution in [-0.2, 0) is 0 Å². The maximum Gasteiger partial charge on any atom is 0.0386 e. The lowest BCUT2D eigenvalue weighted by atomic mass is 10.1. The first-order valence-corrected chi connectivity index (χ1v) is 4.38. The Labute approximate surface area is 70.2 Å². The van der Waals surface area contributed by atoms with Crippen molar-refractivity contribution in [3.8, 4) is 0 Å². The van der Waals surface area contributed by atoms with E-state index in [2.05, 4.69) is 38.8 Å². The normalized spacial score (nSPS) is 13.4. The fourth-order valence-electron chi connectivity index (χ4n) is 0.856. The molecule has 0 amide bonds. The molecule has 1 nitrogen and oxygen atoms in total. The van der Waals surface area contributed by atoms with Crippen LogP contribution in [0, 0.1) is 5.92 Å². The fraction of sp³-hybridized carbons (Fsp3) is 0.700. The Morgan fingerprint density at radius 3 is 2.45 bits per heavy atom. The summed E-state index contributed by atoms with van der Waals surface area (Å²) in [7, 11) is 0. The zero-order chi connectivity index (χ0) is 8.69. The molecule has 0 aromatic carbocycles. The largest absolute Gasteiger partial charge is 0.293 e. The highest BCUT2D eigenvalue weighted by atomic mass is 14.7. The summed E-state index contributed by atoms with van der Waals surface area (Å²) in [4.78, 5) is 4.29. The van der Waals surface area contributed by atoms with E-state index in [9.17, 15) is 0 Å². The van der Waals surface area contributed by atoms with Gasteiger partial charge in [0.2, 0.25) is 0 Å². The van der Waals surface area contributed by atoms with E-state index in [-0.39, 0.29) is 0 Å². The van der Waals surface area contributed by atoms with E-state index in [1.807, 2.05) is 6.21 Å². The van der Waals surface area contributed by atoms with Crippen LogP contribution in [0.3, 0.4) is 0 Å². The zero-order valence-corrected chi connectivity index (χ0v) is 8.09. The molecule has 64 valence electrons. The molecule has 1 heteroatoms. The van der Waals surface area contributed by atoms with E-state index >= 15 is 0 Å². The number of nitrogens with zero attached hydrogens (tertiary/aromatic N) is 1. The molecule has 0 saturated carbocycles. The monoisotopic (exact) mass is 153 g/mol. The molecule has 0 aliphatic rings. The topological polar surface area (TPSA) is 12.4 Å². The third-order valence-corrected chi connectivity index (χ3v) is 1.59. The van der Waals surface area contributed by atoms with Crippen molar-refractivity contribution in [2.45, 2.75) is 34.1 Å². The minimum absolute atomic E-state index is 0.598. The lowest BCUT2D eigenvalue weighted by molar-refractivity contribution is 0.802. The Hall–Kier alpha value is -0.590. The summed E-state index contributed by atoms with van der Waals surface area (Å²) in [6, 6.07) is 0. The summed E-state index contributed by atoms with van der Waals surface area (Å²) >= 11 is 0. The van der Waals surface area contributed by atoms with Crippen molar-refractivity contribution < 1.29 is 0 Å². The van der Waals surface area contributed by atoms with Gasteiger partial charge in [0.05, 0.1) is 0 Å². The van der Waals surface area contributed by atoms with Gasteiger partial charge in [0.1, 0.15) is 0 Å². The zero-order valence-electron chi connectivity index (χ0n) is 8.09. The van der Waals surface area contributed by atoms with Gasteiger partial charge in [-0.2, -0.15) is 0 Å². The Kier molecular flexibility index (Phi) is 5.81. The molecule has 0 rings (SSSR count). The van der Waals surface area contributed by atoms with Crippen molar-refractivity contribution >= 4 is 6.21 Å². The van der Waals surface area contributed by atoms with Gasteiger partial charge in [-0.05, 0) is 24.8 Å². The molecule has 0 aromatic heterocycles. The highest BCUT2D eigenvalue weighted by Gasteiger charge is 1.96. The van der Waals surface area contributed by atoms with Crippen LogP contribution in [0.4, 0.5) is 0 Å². The van der Waals surface area contributed by atoms with Crippen molar-refractivity contribution in [1.82, 2.24) is 0 Å². The Balaban J connectivity index is 3.89. The molecule has 11 heavy (non-hydrogen) atoms. The average Bonchev–Trinajstić information content (AvgIpc) is 1.97. The van der Waals surface area contributed by atoms with E-state index in [0.717, 1.165) is 13.0 Å². The summed E-state index contributed by atoms with van der Waals surface area (Å²) in [5.74, 6) is 0.598. The van der Waals surface area contributed by atoms with E-state index in [4.69, 9.17) is 0 Å². The lowest BCUT2D eigenvalue weighted by Gasteiger charge is -2.03. The van der Waals surface area contributed by atoms with Gasteiger partial charge < -0.3 is 0 Å². The fourth-order valence-corrected chi connectivity index (χ4v) is 0.856. The highest BCUT2D eigenvalue weighted by Crippen LogP contribution is 2.05. The maximum atomic E-state index is 4.29. The highest BCUT2D eigenvalue weighted by molar-refractivity contribution is 5.78. The second-order valence-corrected chi connectivity index (χ2v) is 2.98. The predicted molar refractivity (Wildman–Crippen MR) is 52.2 cm³/mol. The third-order valence-electron chi connectivity index (χ3n) is 1.59. The number of hydrogen-bond acceptors (Lipinski definition) is 1. The second kappa shape index (κ2) is 6.14. The van der Waals surface area contributed by atoms with E-state index in [1.165, 1.54) is 5.57 Å². The molecule has 0 spiro atoms. The van der Waals surface area contributed by atoms with E-state index in [0.29, 0.717) is 5.92 Å². The van der Waals surface area contributed by atoms with Gasteiger partial charge in [0, 0.05) is 12.8 Å². The number of aliphatic imine (C=N–C) groups is 1. The molecule has 0 unspecified atom stereocenters. The summed E-state index contributed by atoms with van der Waals surface area (Å²) in [6.45, 7) is 9.53. The Morgan fingerprint density at radius 2 is 2.09 bits per heavy atom. The van der Waals surface area contributed by atoms with Crippen LogP contribution in [0.25, 0.3) is 0 Å². The molecule has 0 heterocycles. The van der Waals surface area contributed by atoms with Crippen LogP contribution >= 0.6 is 0 Å². The number of hydrogen-bond donors (Lipinski definition) is 0. The van der Waals surface area contributed by atoms with Crippen molar-refractivity contribution in [3.05, 3.63) is 11.6 Å². The van der Waals surface area contributed by atoms with Gasteiger partial charge in [-0.25, -0.2) is 0 Å². The Bertz CT molecular complexity index is 143. The first-order valence-electron chi connectivity index (χ1n) is 4.38. The van der Waals surface area contributed by atoms with Gasteiger partial charge >= 0.3 is 0 Å². The smallest absolute Gasteiger partial charge is 0.0386 e. The van der Waals surface area contributed by atoms with Gasteiger partial charge in [-0.1, -0.05) is 26.8 Å². The molecule has 0 saturated heterocycles. The summed E-state index contributed by atoms with van der Waals surface area (Å²) in [6.07, 6.45) is 5.25. The van der Waals surface area contributed by atoms with Crippen molar-refractivity contribution in [3.63, 3.8) is 0 Å². The summed E-state index contributed by atoms with van der Waals surface area (Å²) in [5.41, 5.74) is 1.33. The van der Waals surface area contributed by atoms with Crippen LogP contribution in [0.5, 0.6) is 0 Å². The third kappa shape index (κ3) is 4.77. The first kappa shape index (κ1) is 10.4. The molecule has 0 fully saturated rings. The summed E-state index contributed by atoms with van der Waals surface area (Å²) < 4.78 is 0. The molecular formula is C10H19N. The predicted octanol–water partition coefficient (Wildman–Crippen LogP) is 3.07. The van der Waals surface area contributed by atoms with Crippen LogP contribution < -0.4 is 0 Å². The lowest BCUT2D eigenvalue weighted by Crippen LogP contribution is -1.95. The minimum atomic E-state index is 0.598. The van der Waals surface area contributed by atoms with Crippen LogP contribution in [0.15, 0.2) is 16.6 Å². The molecule has 0 aliphatic heterocycles. The molecule has 0 radical (unpaired) electrons. The number of allylic oxidation sites excluding steroid dienone is 2. The van der Waals surface area contributed by atoms with Crippen LogP contribution in [-0.4, -0.2) is 12.8 Å². The molecular weight excluding hydrogens is 134 g/mol. The first-order chi connectivity index (χ1) is 5.22. The van der Waals surface area contributed by atoms with Crippen molar-refractivity contribution in [2.75, 3.05) is 6.54 Å². The second-order valence-electron chi connectivity index (χ2n) is 2.98. The quantitative estimate of drug-likeness (QED) is 0.550. The van der Waals surface area contributed by atoms with Crippen LogP contribution in [0.2, 0.25) is 0 Å². The molecule has 0 aliphatic carbocycles. The molecule has 0 N–H and O–H groups in total. The van der Waals surface area contributed by atoms with Gasteiger partial charge in [-0.3, -0.25) is 4.99 Å². The SMILES string of the molecule is C/C=C(\C=N/CCC)C(C)C. The van der Waals surface area contributed by atoms with E-state index in [1.54, 1.807) is 0 Å². The number of rotatable bonds is 4. The summed E-state index contributed by atoms with van der Waals surface area (Å²) in [5, 5.41) is 0. The van der Waals surface area contributed by atoms with Crippen LogP contribution in [0.1, 0.15) is 34.1 Å². The molecule has 0 aromatic rings. The molecule has 0 bridgehead atoms. The Morgan fingerprint density at radius 1 is 1.45 bits per heavy atom. The van der Waals surface area contributed by atoms with Crippen molar-refractivity contribution in [1.29, 1.82) is 0 Å². The van der Waals surface area contributed by atoms with Gasteiger partial charge in [0.25, 0.3) is 0 Å². The van der Waals surface area contributed by atoms with Crippen molar-refractivity contribution in [2.24, 2.45) is 10.9 Å². The van der Waals surface area contributed by atoms with Gasteiger partial charge in [-0.15, -0.1) is 0 Å². The molecule has 0 atom stereocenters.